The first kappa shape index (κ1) is 14.7. The SMILES string of the molecule is C#CC(F)(F)F.FC(F)(F)/C=C\Cl. The first-order valence-corrected chi connectivity index (χ1v) is 2.95. The van der Waals surface area contributed by atoms with Gasteiger partial charge in [0.2, 0.25) is 0 Å². The van der Waals surface area contributed by atoms with Gasteiger partial charge in [-0.05, 0) is 0 Å². The van der Waals surface area contributed by atoms with Crippen molar-refractivity contribution in [1.29, 1.82) is 0 Å². The zero-order chi connectivity index (χ0) is 11.1. The highest BCUT2D eigenvalue weighted by molar-refractivity contribution is 6.25. The number of rotatable bonds is 0. The third kappa shape index (κ3) is 24.7. The van der Waals surface area contributed by atoms with Crippen molar-refractivity contribution in [2.45, 2.75) is 12.4 Å². The minimum absolute atomic E-state index is 0.0471. The Hall–Kier alpha value is -0.830. The summed E-state index contributed by atoms with van der Waals surface area (Å²) in [7, 11) is 0. The monoisotopic (exact) mass is 224 g/mol. The fourth-order valence-corrected chi connectivity index (χ4v) is 0.214. The van der Waals surface area contributed by atoms with E-state index in [9.17, 15) is 26.3 Å². The molecule has 0 rings (SSSR count). The molecule has 0 fully saturated rings. The van der Waals surface area contributed by atoms with Crippen LogP contribution in [-0.2, 0) is 0 Å². The number of alkyl halides is 6. The van der Waals surface area contributed by atoms with Gasteiger partial charge in [-0.15, -0.1) is 6.42 Å². The highest BCUT2D eigenvalue weighted by atomic mass is 35.5. The summed E-state index contributed by atoms with van der Waals surface area (Å²) in [5, 5.41) is 0. The molecule has 76 valence electrons. The van der Waals surface area contributed by atoms with E-state index in [1.807, 2.05) is 0 Å². The molecule has 0 aliphatic heterocycles. The molecule has 0 bridgehead atoms. The van der Waals surface area contributed by atoms with Crippen molar-refractivity contribution in [1.82, 2.24) is 0 Å². The maximum absolute atomic E-state index is 10.9. The average Bonchev–Trinajstić information content (AvgIpc) is 1.84. The fourth-order valence-electron chi connectivity index (χ4n) is 0.0714. The molecular formula is C6H3ClF6. The summed E-state index contributed by atoms with van der Waals surface area (Å²) in [4.78, 5) is 0. The summed E-state index contributed by atoms with van der Waals surface area (Å²) in [6.45, 7) is 0. The van der Waals surface area contributed by atoms with Crippen molar-refractivity contribution in [3.8, 4) is 12.3 Å². The number of allylic oxidation sites excluding steroid dienone is 1. The second-order valence-corrected chi connectivity index (χ2v) is 1.73. The molecular weight excluding hydrogens is 222 g/mol. The van der Waals surface area contributed by atoms with Gasteiger partial charge in [0.05, 0.1) is 0 Å². The molecule has 0 aliphatic rings. The topological polar surface area (TPSA) is 0 Å². The van der Waals surface area contributed by atoms with E-state index in [0.29, 0.717) is 11.5 Å². The van der Waals surface area contributed by atoms with Gasteiger partial charge in [0, 0.05) is 17.5 Å². The van der Waals surface area contributed by atoms with Crippen LogP contribution >= 0.6 is 11.6 Å². The van der Waals surface area contributed by atoms with Gasteiger partial charge >= 0.3 is 12.4 Å². The van der Waals surface area contributed by atoms with Crippen LogP contribution in [0.15, 0.2) is 11.6 Å². The molecule has 0 aromatic carbocycles. The third-order valence-electron chi connectivity index (χ3n) is 0.416. The Labute approximate surface area is 75.2 Å². The van der Waals surface area contributed by atoms with Crippen LogP contribution in [0.4, 0.5) is 26.3 Å². The predicted molar refractivity (Wildman–Crippen MR) is 35.9 cm³/mol. The largest absolute Gasteiger partial charge is 0.457 e. The lowest BCUT2D eigenvalue weighted by Gasteiger charge is -1.92. The van der Waals surface area contributed by atoms with E-state index in [2.05, 4.69) is 18.0 Å². The Kier molecular flexibility index (Phi) is 6.50. The quantitative estimate of drug-likeness (QED) is 0.436. The lowest BCUT2D eigenvalue weighted by atomic mass is 10.6. The van der Waals surface area contributed by atoms with E-state index in [1.165, 1.54) is 0 Å². The van der Waals surface area contributed by atoms with Crippen LogP contribution in [0.5, 0.6) is 0 Å². The molecule has 0 nitrogen and oxygen atoms in total. The summed E-state index contributed by atoms with van der Waals surface area (Å²) in [5.74, 6) is 0.604. The Morgan fingerprint density at radius 1 is 1.08 bits per heavy atom. The van der Waals surface area contributed by atoms with Gasteiger partial charge in [-0.25, -0.2) is 0 Å². The van der Waals surface area contributed by atoms with Crippen LogP contribution in [0, 0.1) is 12.3 Å². The number of halogens is 7. The molecule has 0 aromatic rings. The van der Waals surface area contributed by atoms with Crippen molar-refractivity contribution in [2.75, 3.05) is 0 Å². The minimum atomic E-state index is -4.43. The maximum Gasteiger partial charge on any atom is 0.457 e. The van der Waals surface area contributed by atoms with Crippen molar-refractivity contribution in [3.63, 3.8) is 0 Å². The highest BCUT2D eigenvalue weighted by Gasteiger charge is 2.21. The summed E-state index contributed by atoms with van der Waals surface area (Å²) in [5.41, 5.74) is 0.431. The van der Waals surface area contributed by atoms with Crippen LogP contribution in [0.3, 0.4) is 0 Å². The minimum Gasteiger partial charge on any atom is -0.167 e. The van der Waals surface area contributed by atoms with Crippen LogP contribution in [-0.4, -0.2) is 12.4 Å². The second-order valence-electron chi connectivity index (χ2n) is 1.48. The number of hydrogen-bond donors (Lipinski definition) is 0. The Balaban J connectivity index is 0. The molecule has 0 atom stereocenters. The van der Waals surface area contributed by atoms with Crippen LogP contribution < -0.4 is 0 Å². The van der Waals surface area contributed by atoms with E-state index in [1.54, 1.807) is 0 Å². The highest BCUT2D eigenvalue weighted by Crippen LogP contribution is 2.15. The summed E-state index contributed by atoms with van der Waals surface area (Å²) in [6, 6.07) is 0. The first-order valence-electron chi connectivity index (χ1n) is 2.51. The van der Waals surface area contributed by atoms with Crippen molar-refractivity contribution >= 4 is 11.6 Å². The molecule has 0 N–H and O–H groups in total. The summed E-state index contributed by atoms with van der Waals surface area (Å²) in [6.07, 6.45) is -4.81. The van der Waals surface area contributed by atoms with Gasteiger partial charge < -0.3 is 0 Å². The number of terminal acetylenes is 1. The van der Waals surface area contributed by atoms with Gasteiger partial charge in [0.25, 0.3) is 0 Å². The standard InChI is InChI=1S/C3H2ClF3.C3HF3/c4-2-1-3(5,6)7;1-2-3(4,5)6/h1-2H;1H/b2-1-;. The molecule has 0 aliphatic carbocycles. The molecule has 0 unspecified atom stereocenters. The average molecular weight is 225 g/mol. The zero-order valence-corrected chi connectivity index (χ0v) is 6.63. The van der Waals surface area contributed by atoms with Crippen LogP contribution in [0.2, 0.25) is 0 Å². The Bertz CT molecular complexity index is 193. The zero-order valence-electron chi connectivity index (χ0n) is 5.88. The van der Waals surface area contributed by atoms with Crippen LogP contribution in [0.25, 0.3) is 0 Å². The van der Waals surface area contributed by atoms with Gasteiger partial charge in [-0.3, -0.25) is 0 Å². The molecule has 7 heteroatoms. The van der Waals surface area contributed by atoms with E-state index in [0.717, 1.165) is 0 Å². The molecule has 0 aromatic heterocycles. The summed E-state index contributed by atoms with van der Waals surface area (Å²) >= 11 is 4.59. The van der Waals surface area contributed by atoms with Gasteiger partial charge in [-0.1, -0.05) is 11.6 Å². The Morgan fingerprint density at radius 2 is 1.38 bits per heavy atom. The summed E-state index contributed by atoms with van der Waals surface area (Å²) < 4.78 is 64.3. The van der Waals surface area contributed by atoms with Crippen molar-refractivity contribution in [3.05, 3.63) is 11.6 Å². The Morgan fingerprint density at radius 3 is 1.38 bits per heavy atom. The normalized spacial score (nSPS) is 11.8. The van der Waals surface area contributed by atoms with Gasteiger partial charge in [0.15, 0.2) is 0 Å². The molecule has 13 heavy (non-hydrogen) atoms. The van der Waals surface area contributed by atoms with E-state index in [-0.39, 0.29) is 6.08 Å². The van der Waals surface area contributed by atoms with Gasteiger partial charge in [-0.2, -0.15) is 26.3 Å². The van der Waals surface area contributed by atoms with Crippen LogP contribution in [0.1, 0.15) is 0 Å². The molecule has 0 saturated heterocycles. The predicted octanol–water partition coefficient (Wildman–Crippen LogP) is 3.48. The van der Waals surface area contributed by atoms with Crippen molar-refractivity contribution < 1.29 is 26.3 Å². The second kappa shape index (κ2) is 5.75. The van der Waals surface area contributed by atoms with Crippen molar-refractivity contribution in [2.24, 2.45) is 0 Å². The smallest absolute Gasteiger partial charge is 0.167 e. The molecule has 0 saturated carbocycles. The molecule has 0 radical (unpaired) electrons. The van der Waals surface area contributed by atoms with E-state index < -0.39 is 12.4 Å². The molecule has 0 spiro atoms. The lowest BCUT2D eigenvalue weighted by Crippen LogP contribution is -1.99. The lowest BCUT2D eigenvalue weighted by molar-refractivity contribution is -0.0797. The molecule has 0 amide bonds. The molecule has 0 heterocycles. The van der Waals surface area contributed by atoms with Gasteiger partial charge in [0.1, 0.15) is 0 Å². The van der Waals surface area contributed by atoms with E-state index in [4.69, 9.17) is 0 Å². The third-order valence-corrected chi connectivity index (χ3v) is 0.542. The first-order chi connectivity index (χ1) is 5.62. The number of hydrogen-bond acceptors (Lipinski definition) is 0. The van der Waals surface area contributed by atoms with E-state index >= 15 is 0 Å². The maximum atomic E-state index is 10.9. The fraction of sp³-hybridized carbons (Fsp3) is 0.333.